The van der Waals surface area contributed by atoms with Crippen molar-refractivity contribution in [2.24, 2.45) is 0 Å². The number of benzene rings is 2. The molecule has 0 spiro atoms. The van der Waals surface area contributed by atoms with E-state index >= 15 is 0 Å². The van der Waals surface area contributed by atoms with Crippen LogP contribution in [0.1, 0.15) is 19.3 Å². The summed E-state index contributed by atoms with van der Waals surface area (Å²) in [4.78, 5) is 14.4. The molecular weight excluding hydrogens is 346 g/mol. The van der Waals surface area contributed by atoms with Crippen LogP contribution in [0.25, 0.3) is 0 Å². The highest BCUT2D eigenvalue weighted by molar-refractivity contribution is 7.80. The number of nitrogens with zero attached hydrogens (tertiary/aromatic N) is 1. The van der Waals surface area contributed by atoms with Crippen molar-refractivity contribution in [2.75, 3.05) is 29.9 Å². The molecule has 1 aliphatic heterocycles. The first-order valence-electron chi connectivity index (χ1n) is 8.85. The lowest BCUT2D eigenvalue weighted by atomic mass is 10.1. The summed E-state index contributed by atoms with van der Waals surface area (Å²) in [6.45, 7) is 2.01. The lowest BCUT2D eigenvalue weighted by Gasteiger charge is -2.30. The molecule has 0 radical (unpaired) electrons. The Kier molecular flexibility index (Phi) is 6.44. The van der Waals surface area contributed by atoms with Crippen LogP contribution in [0.2, 0.25) is 0 Å². The van der Waals surface area contributed by atoms with Crippen molar-refractivity contribution in [1.29, 1.82) is 0 Å². The molecule has 136 valence electrons. The Balaban J connectivity index is 1.54. The Morgan fingerprint density at radius 3 is 2.46 bits per heavy atom. The van der Waals surface area contributed by atoms with Crippen LogP contribution in [0.4, 0.5) is 11.4 Å². The number of ether oxygens (including phenoxy) is 1. The predicted octanol–water partition coefficient (Wildman–Crippen LogP) is 3.57. The third-order valence-corrected chi connectivity index (χ3v) is 4.42. The van der Waals surface area contributed by atoms with Crippen molar-refractivity contribution >= 4 is 34.6 Å². The van der Waals surface area contributed by atoms with Crippen molar-refractivity contribution in [3.8, 4) is 5.75 Å². The smallest absolute Gasteiger partial charge is 0.264 e. The third kappa shape index (κ3) is 5.20. The first kappa shape index (κ1) is 18.2. The number of nitrogens with one attached hydrogen (secondary N) is 2. The van der Waals surface area contributed by atoms with Gasteiger partial charge in [0.05, 0.1) is 11.4 Å². The van der Waals surface area contributed by atoms with Crippen molar-refractivity contribution in [3.63, 3.8) is 0 Å². The van der Waals surface area contributed by atoms with Gasteiger partial charge >= 0.3 is 0 Å². The molecule has 5 nitrogen and oxygen atoms in total. The fraction of sp³-hybridized carbons (Fsp3) is 0.300. The van der Waals surface area contributed by atoms with E-state index in [1.54, 1.807) is 12.1 Å². The third-order valence-electron chi connectivity index (χ3n) is 4.22. The van der Waals surface area contributed by atoms with Crippen LogP contribution in [0.5, 0.6) is 5.75 Å². The number of piperidine rings is 1. The van der Waals surface area contributed by atoms with Crippen LogP contribution in [-0.4, -0.2) is 30.7 Å². The van der Waals surface area contributed by atoms with Gasteiger partial charge in [-0.05, 0) is 55.7 Å². The quantitative estimate of drug-likeness (QED) is 0.789. The van der Waals surface area contributed by atoms with Crippen LogP contribution < -0.4 is 20.3 Å². The van der Waals surface area contributed by atoms with Gasteiger partial charge in [-0.25, -0.2) is 0 Å². The van der Waals surface area contributed by atoms with E-state index in [1.165, 1.54) is 19.3 Å². The van der Waals surface area contributed by atoms with E-state index < -0.39 is 0 Å². The van der Waals surface area contributed by atoms with Gasteiger partial charge in [-0.2, -0.15) is 0 Å². The lowest BCUT2D eigenvalue weighted by Crippen LogP contribution is -2.38. The topological polar surface area (TPSA) is 53.6 Å². The normalized spacial score (nSPS) is 13.8. The average molecular weight is 369 g/mol. The molecule has 2 N–H and O–H groups in total. The highest BCUT2D eigenvalue weighted by atomic mass is 32.1. The molecule has 2 aromatic carbocycles. The molecule has 1 heterocycles. The molecule has 1 amide bonds. The summed E-state index contributed by atoms with van der Waals surface area (Å²) in [6.07, 6.45) is 3.68. The zero-order valence-electron chi connectivity index (χ0n) is 14.6. The standard InChI is InChI=1S/C20H23N3O2S/c24-19(15-25-16-9-3-1-4-10-16)22-20(26)21-17-11-5-6-12-18(17)23-13-7-2-8-14-23/h1,3-6,9-12H,2,7-8,13-15H2,(H2,21,22,24,26). The summed E-state index contributed by atoms with van der Waals surface area (Å²) in [7, 11) is 0. The average Bonchev–Trinajstić information content (AvgIpc) is 2.68. The maximum Gasteiger partial charge on any atom is 0.264 e. The van der Waals surface area contributed by atoms with Gasteiger partial charge < -0.3 is 15.0 Å². The molecule has 0 saturated carbocycles. The van der Waals surface area contributed by atoms with Crippen molar-refractivity contribution in [2.45, 2.75) is 19.3 Å². The molecule has 0 aromatic heterocycles. The Morgan fingerprint density at radius 1 is 1.00 bits per heavy atom. The van der Waals surface area contributed by atoms with Crippen LogP contribution in [-0.2, 0) is 4.79 Å². The van der Waals surface area contributed by atoms with Crippen molar-refractivity contribution in [1.82, 2.24) is 5.32 Å². The molecule has 1 saturated heterocycles. The monoisotopic (exact) mass is 369 g/mol. The van der Waals surface area contributed by atoms with E-state index in [0.29, 0.717) is 5.75 Å². The molecule has 0 aliphatic carbocycles. The van der Waals surface area contributed by atoms with Crippen LogP contribution in [0, 0.1) is 0 Å². The molecule has 0 unspecified atom stereocenters. The van der Waals surface area contributed by atoms with Gasteiger partial charge in [0.2, 0.25) is 0 Å². The lowest BCUT2D eigenvalue weighted by molar-refractivity contribution is -0.121. The number of anilines is 2. The molecule has 1 fully saturated rings. The van der Waals surface area contributed by atoms with Gasteiger partial charge in [0.15, 0.2) is 11.7 Å². The summed E-state index contributed by atoms with van der Waals surface area (Å²) >= 11 is 5.29. The van der Waals surface area contributed by atoms with Gasteiger partial charge in [-0.3, -0.25) is 10.1 Å². The number of hydrogen-bond acceptors (Lipinski definition) is 4. The fourth-order valence-corrected chi connectivity index (χ4v) is 3.20. The Hall–Kier alpha value is -2.60. The second-order valence-electron chi connectivity index (χ2n) is 6.17. The molecule has 6 heteroatoms. The van der Waals surface area contributed by atoms with Gasteiger partial charge in [-0.1, -0.05) is 30.3 Å². The minimum Gasteiger partial charge on any atom is -0.484 e. The van der Waals surface area contributed by atoms with Crippen LogP contribution >= 0.6 is 12.2 Å². The number of hydrogen-bond donors (Lipinski definition) is 2. The van der Waals surface area contributed by atoms with Gasteiger partial charge in [0.1, 0.15) is 5.75 Å². The van der Waals surface area contributed by atoms with Crippen LogP contribution in [0.15, 0.2) is 54.6 Å². The van der Waals surface area contributed by atoms with Gasteiger partial charge in [-0.15, -0.1) is 0 Å². The fourth-order valence-electron chi connectivity index (χ4n) is 2.97. The molecule has 2 aromatic rings. The second-order valence-corrected chi connectivity index (χ2v) is 6.58. The predicted molar refractivity (Wildman–Crippen MR) is 109 cm³/mol. The summed E-state index contributed by atoms with van der Waals surface area (Å²) in [6, 6.07) is 17.2. The zero-order chi connectivity index (χ0) is 18.2. The molecular formula is C20H23N3O2S. The summed E-state index contributed by atoms with van der Waals surface area (Å²) in [5.41, 5.74) is 2.02. The maximum absolute atomic E-state index is 12.0. The maximum atomic E-state index is 12.0. The number of para-hydroxylation sites is 3. The SMILES string of the molecule is O=C(COc1ccccc1)NC(=S)Nc1ccccc1N1CCCCC1. The first-order chi connectivity index (χ1) is 12.7. The van der Waals surface area contributed by atoms with E-state index in [4.69, 9.17) is 17.0 Å². The van der Waals surface area contributed by atoms with E-state index in [0.717, 1.165) is 24.5 Å². The minimum atomic E-state index is -0.290. The van der Waals surface area contributed by atoms with E-state index in [-0.39, 0.29) is 17.6 Å². The number of thiocarbonyl (C=S) groups is 1. The van der Waals surface area contributed by atoms with Crippen LogP contribution in [0.3, 0.4) is 0 Å². The second kappa shape index (κ2) is 9.20. The molecule has 26 heavy (non-hydrogen) atoms. The molecule has 0 atom stereocenters. The summed E-state index contributed by atoms with van der Waals surface area (Å²) in [5, 5.41) is 6.08. The van der Waals surface area contributed by atoms with Crippen molar-refractivity contribution in [3.05, 3.63) is 54.6 Å². The Labute approximate surface area is 159 Å². The van der Waals surface area contributed by atoms with Gasteiger partial charge in [0, 0.05) is 13.1 Å². The largest absolute Gasteiger partial charge is 0.484 e. The number of rotatable bonds is 5. The van der Waals surface area contributed by atoms with E-state index in [2.05, 4.69) is 21.6 Å². The molecule has 3 rings (SSSR count). The number of carbonyl (C=O) groups is 1. The molecule has 0 bridgehead atoms. The summed E-state index contributed by atoms with van der Waals surface area (Å²) in [5.74, 6) is 0.360. The van der Waals surface area contributed by atoms with Crippen molar-refractivity contribution < 1.29 is 9.53 Å². The van der Waals surface area contributed by atoms with E-state index in [1.807, 2.05) is 36.4 Å². The Bertz CT molecular complexity index is 746. The summed E-state index contributed by atoms with van der Waals surface area (Å²) < 4.78 is 5.43. The van der Waals surface area contributed by atoms with E-state index in [9.17, 15) is 4.79 Å². The highest BCUT2D eigenvalue weighted by Crippen LogP contribution is 2.28. The molecule has 1 aliphatic rings. The zero-order valence-corrected chi connectivity index (χ0v) is 15.4. The first-order valence-corrected chi connectivity index (χ1v) is 9.26. The highest BCUT2D eigenvalue weighted by Gasteiger charge is 2.15. The Morgan fingerprint density at radius 2 is 1.69 bits per heavy atom. The minimum absolute atomic E-state index is 0.0837. The number of carbonyl (C=O) groups excluding carboxylic acids is 1. The number of amides is 1. The van der Waals surface area contributed by atoms with Gasteiger partial charge in [0.25, 0.3) is 5.91 Å².